The van der Waals surface area contributed by atoms with Gasteiger partial charge in [-0.25, -0.2) is 0 Å². The lowest BCUT2D eigenvalue weighted by molar-refractivity contribution is 0.436. The van der Waals surface area contributed by atoms with Gasteiger partial charge in [-0.15, -0.1) is 11.3 Å². The number of rotatable bonds is 3. The average Bonchev–Trinajstić information content (AvgIpc) is 3.86. The second-order valence-corrected chi connectivity index (χ2v) is 15.1. The summed E-state index contributed by atoms with van der Waals surface area (Å²) in [5, 5.41) is 4.74. The molecule has 3 heterocycles. The monoisotopic (exact) mass is 695 g/mol. The molecule has 0 saturated heterocycles. The Morgan fingerprint density at radius 3 is 1.96 bits per heavy atom. The fourth-order valence-corrected chi connectivity index (χ4v) is 10.3. The Kier molecular flexibility index (Phi) is 5.86. The van der Waals surface area contributed by atoms with Crippen molar-refractivity contribution in [2.45, 2.75) is 5.41 Å². The van der Waals surface area contributed by atoms with Crippen LogP contribution in [0.4, 0.5) is 17.1 Å². The van der Waals surface area contributed by atoms with Crippen molar-refractivity contribution in [2.75, 3.05) is 4.90 Å². The fraction of sp³-hybridized carbons (Fsp3) is 0.0204. The molecule has 1 aliphatic heterocycles. The smallest absolute Gasteiger partial charge is 0.135 e. The van der Waals surface area contributed by atoms with Gasteiger partial charge in [-0.1, -0.05) is 103 Å². The Morgan fingerprint density at radius 1 is 0.434 bits per heavy atom. The first-order valence-electron chi connectivity index (χ1n) is 18.0. The van der Waals surface area contributed by atoms with Gasteiger partial charge in [0, 0.05) is 53.4 Å². The molecule has 0 saturated carbocycles. The number of hydrogen-bond acceptors (Lipinski definition) is 4. The Morgan fingerprint density at radius 2 is 1.13 bits per heavy atom. The lowest BCUT2D eigenvalue weighted by Gasteiger charge is -2.39. The van der Waals surface area contributed by atoms with Gasteiger partial charge in [-0.05, 0) is 95.1 Å². The number of thiophene rings is 1. The van der Waals surface area contributed by atoms with Crippen LogP contribution in [-0.4, -0.2) is 0 Å². The predicted molar refractivity (Wildman–Crippen MR) is 219 cm³/mol. The van der Waals surface area contributed by atoms with E-state index in [1.807, 2.05) is 23.5 Å². The molecular formula is C49H29NO2S. The Hall–Kier alpha value is -6.62. The number of para-hydroxylation sites is 4. The van der Waals surface area contributed by atoms with E-state index in [4.69, 9.17) is 9.15 Å². The first kappa shape index (κ1) is 29.0. The molecule has 0 amide bonds. The van der Waals surface area contributed by atoms with E-state index in [-0.39, 0.29) is 0 Å². The Balaban J connectivity index is 1.15. The number of fused-ring (bicyclic) bond motifs is 15. The maximum atomic E-state index is 6.59. The van der Waals surface area contributed by atoms with E-state index in [9.17, 15) is 0 Å². The highest BCUT2D eigenvalue weighted by Gasteiger charge is 2.51. The summed E-state index contributed by atoms with van der Waals surface area (Å²) in [5.74, 6) is 1.82. The van der Waals surface area contributed by atoms with Gasteiger partial charge in [0.2, 0.25) is 0 Å². The molecule has 2 aromatic heterocycles. The molecule has 0 N–H and O–H groups in total. The molecule has 8 aromatic carbocycles. The van der Waals surface area contributed by atoms with Gasteiger partial charge < -0.3 is 14.1 Å². The van der Waals surface area contributed by atoms with Gasteiger partial charge in [0.15, 0.2) is 0 Å². The van der Waals surface area contributed by atoms with Crippen molar-refractivity contribution in [3.05, 3.63) is 198 Å². The lowest BCUT2D eigenvalue weighted by atomic mass is 9.66. The van der Waals surface area contributed by atoms with Crippen LogP contribution >= 0.6 is 11.3 Å². The summed E-state index contributed by atoms with van der Waals surface area (Å²) >= 11 is 1.87. The third-order valence-electron chi connectivity index (χ3n) is 11.3. The van der Waals surface area contributed by atoms with Crippen LogP contribution in [0.15, 0.2) is 180 Å². The number of anilines is 3. The van der Waals surface area contributed by atoms with Crippen molar-refractivity contribution < 1.29 is 9.15 Å². The highest BCUT2D eigenvalue weighted by molar-refractivity contribution is 7.26. The van der Waals surface area contributed by atoms with Crippen LogP contribution in [0, 0.1) is 0 Å². The first-order valence-corrected chi connectivity index (χ1v) is 18.8. The summed E-state index contributed by atoms with van der Waals surface area (Å²) < 4.78 is 15.4. The zero-order valence-corrected chi connectivity index (χ0v) is 29.2. The molecule has 0 radical (unpaired) electrons. The molecule has 1 spiro atoms. The number of furan rings is 1. The molecule has 3 nitrogen and oxygen atoms in total. The van der Waals surface area contributed by atoms with Crippen molar-refractivity contribution in [1.29, 1.82) is 0 Å². The Bertz CT molecular complexity index is 3070. The lowest BCUT2D eigenvalue weighted by Crippen LogP contribution is -2.32. The second-order valence-electron chi connectivity index (χ2n) is 14.0. The van der Waals surface area contributed by atoms with Crippen LogP contribution in [0.1, 0.15) is 22.3 Å². The van der Waals surface area contributed by atoms with Gasteiger partial charge in [0.1, 0.15) is 22.7 Å². The van der Waals surface area contributed by atoms with Gasteiger partial charge >= 0.3 is 0 Å². The van der Waals surface area contributed by atoms with Crippen LogP contribution in [0.2, 0.25) is 0 Å². The minimum Gasteiger partial charge on any atom is -0.457 e. The number of ether oxygens (including phenoxy) is 1. The van der Waals surface area contributed by atoms with E-state index in [1.165, 1.54) is 53.6 Å². The molecule has 0 bridgehead atoms. The van der Waals surface area contributed by atoms with Gasteiger partial charge in [0.05, 0.1) is 11.1 Å². The zero-order chi connectivity index (χ0) is 34.7. The van der Waals surface area contributed by atoms with Crippen LogP contribution in [0.5, 0.6) is 11.5 Å². The number of nitrogens with zero attached hydrogens (tertiary/aromatic N) is 1. The second kappa shape index (κ2) is 10.7. The van der Waals surface area contributed by atoms with Gasteiger partial charge in [-0.3, -0.25) is 0 Å². The molecule has 10 aromatic rings. The van der Waals surface area contributed by atoms with Crippen LogP contribution in [0.3, 0.4) is 0 Å². The SMILES string of the molecule is c1ccc(N(c2ccc3oc4ccccc4c3c2)c2cccc3sc4cc5c(cc4c23)-c2ccccc2C52c3ccccc3Oc3ccccc32)cc1. The molecule has 0 unspecified atom stereocenters. The van der Waals surface area contributed by atoms with E-state index in [0.29, 0.717) is 0 Å². The maximum absolute atomic E-state index is 6.59. The van der Waals surface area contributed by atoms with E-state index in [0.717, 1.165) is 50.5 Å². The normalized spacial score (nSPS) is 13.6. The molecule has 1 aliphatic carbocycles. The summed E-state index contributed by atoms with van der Waals surface area (Å²) in [5.41, 5.74) is 12.1. The minimum absolute atomic E-state index is 0.497. The standard InChI is InChI=1S/C49H29NO2S/c1-2-13-30(14-3-1)50(31-25-26-43-35(27-31)33-16-5-9-21-42(33)51-43)41-20-12-24-46-48(41)36-28-34-32-15-4-6-17-37(32)49(40(34)29-47(36)53-46)38-18-7-10-22-44(38)52-45-23-11-8-19-39(45)49/h1-29H. The Labute approximate surface area is 309 Å². The number of benzene rings is 8. The van der Waals surface area contributed by atoms with E-state index < -0.39 is 5.41 Å². The van der Waals surface area contributed by atoms with Crippen molar-refractivity contribution in [1.82, 2.24) is 0 Å². The van der Waals surface area contributed by atoms with Crippen LogP contribution in [0.25, 0.3) is 53.2 Å². The molecule has 0 atom stereocenters. The summed E-state index contributed by atoms with van der Waals surface area (Å²) in [6.45, 7) is 0. The number of hydrogen-bond donors (Lipinski definition) is 0. The first-order chi connectivity index (χ1) is 26.3. The van der Waals surface area contributed by atoms with Crippen LogP contribution in [-0.2, 0) is 5.41 Å². The van der Waals surface area contributed by atoms with Gasteiger partial charge in [0.25, 0.3) is 0 Å². The highest BCUT2D eigenvalue weighted by Crippen LogP contribution is 2.63. The van der Waals surface area contributed by atoms with Crippen LogP contribution < -0.4 is 9.64 Å². The van der Waals surface area contributed by atoms with Crippen molar-refractivity contribution in [3.63, 3.8) is 0 Å². The largest absolute Gasteiger partial charge is 0.457 e. The van der Waals surface area contributed by atoms with Crippen molar-refractivity contribution in [2.24, 2.45) is 0 Å². The van der Waals surface area contributed by atoms with E-state index in [1.54, 1.807) is 0 Å². The predicted octanol–water partition coefficient (Wildman–Crippen LogP) is 13.9. The van der Waals surface area contributed by atoms with E-state index >= 15 is 0 Å². The molecule has 248 valence electrons. The van der Waals surface area contributed by atoms with Crippen molar-refractivity contribution >= 4 is 70.5 Å². The summed E-state index contributed by atoms with van der Waals surface area (Å²) in [7, 11) is 0. The minimum atomic E-state index is -0.497. The van der Waals surface area contributed by atoms with E-state index in [2.05, 4.69) is 169 Å². The highest BCUT2D eigenvalue weighted by atomic mass is 32.1. The van der Waals surface area contributed by atoms with Crippen molar-refractivity contribution in [3.8, 4) is 22.6 Å². The third-order valence-corrected chi connectivity index (χ3v) is 12.4. The average molecular weight is 696 g/mol. The summed E-state index contributed by atoms with van der Waals surface area (Å²) in [6, 6.07) is 63.4. The molecule has 4 heteroatoms. The quantitative estimate of drug-likeness (QED) is 0.184. The summed E-state index contributed by atoms with van der Waals surface area (Å²) in [6.07, 6.45) is 0. The molecular weight excluding hydrogens is 667 g/mol. The maximum Gasteiger partial charge on any atom is 0.135 e. The fourth-order valence-electron chi connectivity index (χ4n) is 9.20. The van der Waals surface area contributed by atoms with Gasteiger partial charge in [-0.2, -0.15) is 0 Å². The molecule has 53 heavy (non-hydrogen) atoms. The topological polar surface area (TPSA) is 25.6 Å². The third kappa shape index (κ3) is 3.88. The molecule has 2 aliphatic rings. The zero-order valence-electron chi connectivity index (χ0n) is 28.4. The summed E-state index contributed by atoms with van der Waals surface area (Å²) in [4.78, 5) is 2.41. The molecule has 12 rings (SSSR count). The molecule has 0 fully saturated rings.